The van der Waals surface area contributed by atoms with Crippen LogP contribution >= 0.6 is 23.8 Å². The molecular weight excluding hydrogens is 460 g/mol. The smallest absolute Gasteiger partial charge is 0.190 e. The maximum absolute atomic E-state index is 6.76. The SMILES string of the molecule is Cc1cccc(C2=NN(C(=S)NCc3ccccc3)C(c3cc4cccc(C)c4nc3Cl)C2)c1. The molecule has 1 N–H and O–H groups in total. The van der Waals surface area contributed by atoms with Crippen LogP contribution < -0.4 is 5.32 Å². The number of pyridine rings is 1. The molecule has 4 aromatic rings. The van der Waals surface area contributed by atoms with Gasteiger partial charge in [0.2, 0.25) is 0 Å². The number of fused-ring (bicyclic) bond motifs is 1. The standard InChI is InChI=1S/C28H25ClN4S/c1-18-8-6-12-21(14-18)24-16-25(23-15-22-13-7-9-19(2)26(22)31-27(23)29)33(32-24)28(34)30-17-20-10-4-3-5-11-20/h3-15,25H,16-17H2,1-2H3,(H,30,34). The van der Waals surface area contributed by atoms with Gasteiger partial charge in [0, 0.05) is 23.9 Å². The monoisotopic (exact) mass is 484 g/mol. The van der Waals surface area contributed by atoms with E-state index in [1.807, 2.05) is 29.3 Å². The van der Waals surface area contributed by atoms with Crippen molar-refractivity contribution in [3.8, 4) is 0 Å². The van der Waals surface area contributed by atoms with Crippen molar-refractivity contribution in [1.29, 1.82) is 0 Å². The zero-order valence-electron chi connectivity index (χ0n) is 19.1. The second-order valence-corrected chi connectivity index (χ2v) is 9.38. The number of aryl methyl sites for hydroxylation is 2. The van der Waals surface area contributed by atoms with Crippen LogP contribution in [-0.2, 0) is 6.54 Å². The van der Waals surface area contributed by atoms with E-state index >= 15 is 0 Å². The van der Waals surface area contributed by atoms with Gasteiger partial charge in [-0.25, -0.2) is 9.99 Å². The Labute approximate surface area is 210 Å². The number of hydrazone groups is 1. The molecular formula is C28H25ClN4S. The summed E-state index contributed by atoms with van der Waals surface area (Å²) >= 11 is 12.6. The normalized spacial score (nSPS) is 15.4. The third-order valence-electron chi connectivity index (χ3n) is 6.14. The Morgan fingerprint density at radius 3 is 2.62 bits per heavy atom. The Morgan fingerprint density at radius 2 is 1.82 bits per heavy atom. The summed E-state index contributed by atoms with van der Waals surface area (Å²) in [4.78, 5) is 4.74. The predicted octanol–water partition coefficient (Wildman–Crippen LogP) is 6.73. The van der Waals surface area contributed by atoms with Crippen molar-refractivity contribution in [2.45, 2.75) is 32.9 Å². The first-order valence-corrected chi connectivity index (χ1v) is 12.1. The topological polar surface area (TPSA) is 40.5 Å². The molecule has 170 valence electrons. The first kappa shape index (κ1) is 22.5. The number of rotatable bonds is 4. The zero-order chi connectivity index (χ0) is 23.7. The molecule has 1 aliphatic rings. The van der Waals surface area contributed by atoms with Gasteiger partial charge in [-0.15, -0.1) is 0 Å². The first-order valence-electron chi connectivity index (χ1n) is 11.3. The third-order valence-corrected chi connectivity index (χ3v) is 6.78. The molecule has 1 unspecified atom stereocenters. The van der Waals surface area contributed by atoms with Crippen molar-refractivity contribution >= 4 is 45.5 Å². The minimum atomic E-state index is -0.142. The lowest BCUT2D eigenvalue weighted by Crippen LogP contribution is -2.36. The Kier molecular flexibility index (Phi) is 6.31. The van der Waals surface area contributed by atoms with Crippen molar-refractivity contribution in [2.24, 2.45) is 5.10 Å². The molecule has 1 aromatic heterocycles. The Morgan fingerprint density at radius 1 is 1.03 bits per heavy atom. The second kappa shape index (κ2) is 9.53. The van der Waals surface area contributed by atoms with Crippen LogP contribution in [0.1, 0.15) is 40.3 Å². The van der Waals surface area contributed by atoms with Gasteiger partial charge < -0.3 is 5.32 Å². The minimum absolute atomic E-state index is 0.142. The molecule has 4 nitrogen and oxygen atoms in total. The summed E-state index contributed by atoms with van der Waals surface area (Å²) in [5, 5.41) is 12.4. The maximum Gasteiger partial charge on any atom is 0.190 e. The van der Waals surface area contributed by atoms with Crippen molar-refractivity contribution < 1.29 is 0 Å². The highest BCUT2D eigenvalue weighted by Crippen LogP contribution is 2.37. The lowest BCUT2D eigenvalue weighted by molar-refractivity contribution is 0.363. The summed E-state index contributed by atoms with van der Waals surface area (Å²) in [6.07, 6.45) is 0.690. The molecule has 6 heteroatoms. The zero-order valence-corrected chi connectivity index (χ0v) is 20.7. The first-order chi connectivity index (χ1) is 16.5. The van der Waals surface area contributed by atoms with E-state index in [1.165, 1.54) is 5.56 Å². The molecule has 1 atom stereocenters. The predicted molar refractivity (Wildman–Crippen MR) is 144 cm³/mol. The lowest BCUT2D eigenvalue weighted by atomic mass is 9.97. The summed E-state index contributed by atoms with van der Waals surface area (Å²) < 4.78 is 0. The van der Waals surface area contributed by atoms with Crippen LogP contribution in [0.3, 0.4) is 0 Å². The van der Waals surface area contributed by atoms with Crippen molar-refractivity contribution in [3.63, 3.8) is 0 Å². The highest BCUT2D eigenvalue weighted by Gasteiger charge is 2.33. The van der Waals surface area contributed by atoms with Gasteiger partial charge in [0.05, 0.1) is 17.3 Å². The highest BCUT2D eigenvalue weighted by molar-refractivity contribution is 7.80. The molecule has 0 spiro atoms. The highest BCUT2D eigenvalue weighted by atomic mass is 35.5. The molecule has 2 heterocycles. The number of thiocarbonyl (C=S) groups is 1. The molecule has 0 amide bonds. The number of nitrogens with zero attached hydrogens (tertiary/aromatic N) is 3. The average Bonchev–Trinajstić information content (AvgIpc) is 3.29. The molecule has 0 fully saturated rings. The molecule has 1 aliphatic heterocycles. The maximum atomic E-state index is 6.76. The number of hydrogen-bond donors (Lipinski definition) is 1. The average molecular weight is 485 g/mol. The number of halogens is 1. The van der Waals surface area contributed by atoms with Crippen LogP contribution in [0.4, 0.5) is 0 Å². The van der Waals surface area contributed by atoms with Crippen LogP contribution in [0.5, 0.6) is 0 Å². The summed E-state index contributed by atoms with van der Waals surface area (Å²) in [6, 6.07) is 26.8. The van der Waals surface area contributed by atoms with Crippen LogP contribution in [0.15, 0.2) is 84.0 Å². The third kappa shape index (κ3) is 4.54. The number of para-hydroxylation sites is 1. The fourth-order valence-electron chi connectivity index (χ4n) is 4.37. The van der Waals surface area contributed by atoms with Gasteiger partial charge in [-0.3, -0.25) is 0 Å². The van der Waals surface area contributed by atoms with Gasteiger partial charge in [-0.05, 0) is 48.8 Å². The van der Waals surface area contributed by atoms with Crippen molar-refractivity contribution in [1.82, 2.24) is 15.3 Å². The van der Waals surface area contributed by atoms with E-state index in [0.29, 0.717) is 23.2 Å². The second-order valence-electron chi connectivity index (χ2n) is 8.64. The van der Waals surface area contributed by atoms with Gasteiger partial charge in [0.15, 0.2) is 5.11 Å². The Bertz CT molecular complexity index is 1400. The van der Waals surface area contributed by atoms with Gasteiger partial charge in [-0.2, -0.15) is 5.10 Å². The molecule has 5 rings (SSSR count). The summed E-state index contributed by atoms with van der Waals surface area (Å²) in [6.45, 7) is 4.77. The number of aromatic nitrogens is 1. The van der Waals surface area contributed by atoms with Gasteiger partial charge in [0.1, 0.15) is 5.15 Å². The van der Waals surface area contributed by atoms with E-state index in [1.54, 1.807) is 0 Å². The molecule has 3 aromatic carbocycles. The molecule has 0 saturated heterocycles. The van der Waals surface area contributed by atoms with E-state index in [9.17, 15) is 0 Å². The van der Waals surface area contributed by atoms with Gasteiger partial charge in [0.25, 0.3) is 0 Å². The van der Waals surface area contributed by atoms with E-state index in [4.69, 9.17) is 33.9 Å². The quantitative estimate of drug-likeness (QED) is 0.257. The summed E-state index contributed by atoms with van der Waals surface area (Å²) in [5.74, 6) is 0. The van der Waals surface area contributed by atoms with Crippen LogP contribution in [0.25, 0.3) is 10.9 Å². The lowest BCUT2D eigenvalue weighted by Gasteiger charge is -2.25. The fourth-order valence-corrected chi connectivity index (χ4v) is 4.87. The minimum Gasteiger partial charge on any atom is -0.357 e. The number of benzene rings is 3. The molecule has 0 radical (unpaired) electrons. The van der Waals surface area contributed by atoms with E-state index < -0.39 is 0 Å². The Hall–Kier alpha value is -3.28. The molecule has 0 bridgehead atoms. The summed E-state index contributed by atoms with van der Waals surface area (Å²) in [7, 11) is 0. The van der Waals surface area contributed by atoms with Gasteiger partial charge in [-0.1, -0.05) is 90.0 Å². The van der Waals surface area contributed by atoms with E-state index in [-0.39, 0.29) is 6.04 Å². The molecule has 0 aliphatic carbocycles. The molecule has 0 saturated carbocycles. The van der Waals surface area contributed by atoms with Crippen LogP contribution in [-0.4, -0.2) is 20.8 Å². The largest absolute Gasteiger partial charge is 0.357 e. The van der Waals surface area contributed by atoms with E-state index in [0.717, 1.165) is 38.9 Å². The van der Waals surface area contributed by atoms with Crippen LogP contribution in [0.2, 0.25) is 5.15 Å². The Balaban J connectivity index is 1.51. The van der Waals surface area contributed by atoms with Crippen molar-refractivity contribution in [2.75, 3.05) is 0 Å². The number of hydrogen-bond acceptors (Lipinski definition) is 3. The fraction of sp³-hybridized carbons (Fsp3) is 0.179. The van der Waals surface area contributed by atoms with Gasteiger partial charge >= 0.3 is 0 Å². The summed E-state index contributed by atoms with van der Waals surface area (Å²) in [5.41, 5.74) is 7.38. The van der Waals surface area contributed by atoms with E-state index in [2.05, 4.69) is 73.8 Å². The van der Waals surface area contributed by atoms with Crippen molar-refractivity contribution in [3.05, 3.63) is 112 Å². The number of nitrogens with one attached hydrogen (secondary N) is 1. The van der Waals surface area contributed by atoms with Crippen LogP contribution in [0, 0.1) is 13.8 Å². The molecule has 34 heavy (non-hydrogen) atoms.